The molecule has 0 amide bonds. The van der Waals surface area contributed by atoms with E-state index in [4.69, 9.17) is 11.6 Å². The van der Waals surface area contributed by atoms with Crippen molar-refractivity contribution in [1.29, 1.82) is 0 Å². The lowest BCUT2D eigenvalue weighted by molar-refractivity contribution is 0.385. The van der Waals surface area contributed by atoms with Crippen LogP contribution in [0, 0.1) is 0 Å². The number of rotatable bonds is 5. The number of hydrogen-bond acceptors (Lipinski definition) is 4. The van der Waals surface area contributed by atoms with E-state index in [2.05, 4.69) is 23.7 Å². The SMILES string of the molecule is CCC(C)c1ccc(S(=O)(=O)N2CCN(c3ccnc4cc(Cl)ccc34)CC2)cc1. The fourth-order valence-corrected chi connectivity index (χ4v) is 5.49. The van der Waals surface area contributed by atoms with Crippen molar-refractivity contribution in [1.82, 2.24) is 9.29 Å². The number of sulfonamides is 1. The minimum absolute atomic E-state index is 0.368. The Morgan fingerprint density at radius 2 is 1.73 bits per heavy atom. The number of piperazine rings is 1. The molecule has 2 heterocycles. The zero-order chi connectivity index (χ0) is 21.3. The summed E-state index contributed by atoms with van der Waals surface area (Å²) in [4.78, 5) is 6.99. The first-order valence-corrected chi connectivity index (χ1v) is 12.1. The van der Waals surface area contributed by atoms with Gasteiger partial charge in [-0.3, -0.25) is 4.98 Å². The van der Waals surface area contributed by atoms with Crippen molar-refractivity contribution in [2.75, 3.05) is 31.1 Å². The molecule has 5 nitrogen and oxygen atoms in total. The van der Waals surface area contributed by atoms with Gasteiger partial charge in [-0.15, -0.1) is 0 Å². The molecular weight excluding hydrogens is 418 g/mol. The second-order valence-electron chi connectivity index (χ2n) is 7.76. The Hall–Kier alpha value is -2.15. The summed E-state index contributed by atoms with van der Waals surface area (Å²) in [6, 6.07) is 15.0. The van der Waals surface area contributed by atoms with E-state index in [1.807, 2.05) is 36.4 Å². The Balaban J connectivity index is 1.50. The van der Waals surface area contributed by atoms with Crippen LogP contribution in [0.1, 0.15) is 31.7 Å². The summed E-state index contributed by atoms with van der Waals surface area (Å²) in [6.07, 6.45) is 2.81. The molecule has 1 fully saturated rings. The molecular formula is C23H26ClN3O2S. The molecule has 0 saturated carbocycles. The molecule has 0 aliphatic carbocycles. The van der Waals surface area contributed by atoms with Crippen molar-refractivity contribution >= 4 is 38.2 Å². The number of nitrogens with zero attached hydrogens (tertiary/aromatic N) is 3. The van der Waals surface area contributed by atoms with Crippen LogP contribution < -0.4 is 4.90 Å². The van der Waals surface area contributed by atoms with Crippen molar-refractivity contribution in [3.05, 3.63) is 65.3 Å². The summed E-state index contributed by atoms with van der Waals surface area (Å²) in [6.45, 7) is 6.45. The topological polar surface area (TPSA) is 53.5 Å². The highest BCUT2D eigenvalue weighted by Crippen LogP contribution is 2.29. The standard InChI is InChI=1S/C23H26ClN3O2S/c1-3-17(2)18-4-7-20(8-5-18)30(28,29)27-14-12-26(13-15-27)23-10-11-25-22-16-19(24)6-9-21(22)23/h4-11,16-17H,3,12-15H2,1-2H3. The highest BCUT2D eigenvalue weighted by atomic mass is 35.5. The molecule has 7 heteroatoms. The van der Waals surface area contributed by atoms with E-state index in [9.17, 15) is 8.42 Å². The smallest absolute Gasteiger partial charge is 0.243 e. The van der Waals surface area contributed by atoms with Gasteiger partial charge < -0.3 is 4.90 Å². The Labute approximate surface area is 183 Å². The van der Waals surface area contributed by atoms with Crippen LogP contribution in [0.5, 0.6) is 0 Å². The number of benzene rings is 2. The van der Waals surface area contributed by atoms with Gasteiger partial charge in [0.25, 0.3) is 0 Å². The highest BCUT2D eigenvalue weighted by molar-refractivity contribution is 7.89. The summed E-state index contributed by atoms with van der Waals surface area (Å²) < 4.78 is 27.8. The molecule has 0 spiro atoms. The van der Waals surface area contributed by atoms with Gasteiger partial charge in [0, 0.05) is 48.5 Å². The lowest BCUT2D eigenvalue weighted by Crippen LogP contribution is -2.48. The average Bonchev–Trinajstić information content (AvgIpc) is 2.78. The highest BCUT2D eigenvalue weighted by Gasteiger charge is 2.29. The Morgan fingerprint density at radius 3 is 2.40 bits per heavy atom. The van der Waals surface area contributed by atoms with Gasteiger partial charge in [-0.2, -0.15) is 4.31 Å². The minimum Gasteiger partial charge on any atom is -0.368 e. The molecule has 1 unspecified atom stereocenters. The summed E-state index contributed by atoms with van der Waals surface area (Å²) in [7, 11) is -3.49. The van der Waals surface area contributed by atoms with Gasteiger partial charge in [-0.1, -0.05) is 37.6 Å². The molecule has 0 radical (unpaired) electrons. The van der Waals surface area contributed by atoms with Gasteiger partial charge >= 0.3 is 0 Å². The van der Waals surface area contributed by atoms with Gasteiger partial charge in [0.2, 0.25) is 10.0 Å². The van der Waals surface area contributed by atoms with Crippen LogP contribution in [-0.4, -0.2) is 43.9 Å². The average molecular weight is 444 g/mol. The van der Waals surface area contributed by atoms with Crippen LogP contribution >= 0.6 is 11.6 Å². The second kappa shape index (κ2) is 8.53. The van der Waals surface area contributed by atoms with Crippen molar-refractivity contribution in [2.24, 2.45) is 0 Å². The molecule has 3 aromatic rings. The maximum Gasteiger partial charge on any atom is 0.243 e. The molecule has 30 heavy (non-hydrogen) atoms. The van der Waals surface area contributed by atoms with E-state index in [1.165, 1.54) is 5.56 Å². The van der Waals surface area contributed by atoms with Crippen molar-refractivity contribution in [3.63, 3.8) is 0 Å². The van der Waals surface area contributed by atoms with Gasteiger partial charge in [-0.05, 0) is 54.3 Å². The van der Waals surface area contributed by atoms with E-state index >= 15 is 0 Å². The molecule has 1 aliphatic rings. The number of fused-ring (bicyclic) bond motifs is 1. The maximum absolute atomic E-state index is 13.1. The van der Waals surface area contributed by atoms with Crippen LogP contribution in [0.15, 0.2) is 59.6 Å². The molecule has 1 atom stereocenters. The molecule has 2 aromatic carbocycles. The lowest BCUT2D eigenvalue weighted by atomic mass is 9.99. The first-order chi connectivity index (χ1) is 14.4. The van der Waals surface area contributed by atoms with Crippen LogP contribution in [-0.2, 0) is 10.0 Å². The van der Waals surface area contributed by atoms with Crippen LogP contribution in [0.3, 0.4) is 0 Å². The molecule has 4 rings (SSSR count). The quantitative estimate of drug-likeness (QED) is 0.562. The number of anilines is 1. The molecule has 0 bridgehead atoms. The molecule has 1 saturated heterocycles. The van der Waals surface area contributed by atoms with Gasteiger partial charge in [0.15, 0.2) is 0 Å². The largest absolute Gasteiger partial charge is 0.368 e. The first-order valence-electron chi connectivity index (χ1n) is 10.3. The third-order valence-electron chi connectivity index (χ3n) is 5.96. The number of pyridine rings is 1. The fourth-order valence-electron chi connectivity index (χ4n) is 3.90. The normalized spacial score (nSPS) is 16.7. The second-order valence-corrected chi connectivity index (χ2v) is 10.1. The predicted molar refractivity (Wildman–Crippen MR) is 123 cm³/mol. The van der Waals surface area contributed by atoms with Crippen molar-refractivity contribution in [3.8, 4) is 0 Å². The Morgan fingerprint density at radius 1 is 1.03 bits per heavy atom. The van der Waals surface area contributed by atoms with E-state index in [0.717, 1.165) is 23.0 Å². The summed E-state index contributed by atoms with van der Waals surface area (Å²) in [5, 5.41) is 1.68. The van der Waals surface area contributed by atoms with Crippen LogP contribution in [0.4, 0.5) is 5.69 Å². The zero-order valence-electron chi connectivity index (χ0n) is 17.3. The van der Waals surface area contributed by atoms with Gasteiger partial charge in [-0.25, -0.2) is 8.42 Å². The van der Waals surface area contributed by atoms with E-state index in [1.54, 1.807) is 22.6 Å². The third kappa shape index (κ3) is 4.04. The van der Waals surface area contributed by atoms with Crippen LogP contribution in [0.25, 0.3) is 10.9 Å². The monoisotopic (exact) mass is 443 g/mol. The zero-order valence-corrected chi connectivity index (χ0v) is 18.8. The maximum atomic E-state index is 13.1. The van der Waals surface area contributed by atoms with Crippen molar-refractivity contribution < 1.29 is 8.42 Å². The predicted octanol–water partition coefficient (Wildman–Crippen LogP) is 4.91. The Kier molecular flexibility index (Phi) is 6.00. The fraction of sp³-hybridized carbons (Fsp3) is 0.348. The minimum atomic E-state index is -3.49. The number of hydrogen-bond donors (Lipinski definition) is 0. The van der Waals surface area contributed by atoms with Crippen LogP contribution in [0.2, 0.25) is 5.02 Å². The third-order valence-corrected chi connectivity index (χ3v) is 8.11. The lowest BCUT2D eigenvalue weighted by Gasteiger charge is -2.35. The van der Waals surface area contributed by atoms with E-state index < -0.39 is 10.0 Å². The molecule has 0 N–H and O–H groups in total. The number of halogens is 1. The molecule has 158 valence electrons. The number of aromatic nitrogens is 1. The summed E-state index contributed by atoms with van der Waals surface area (Å²) in [5.74, 6) is 0.426. The molecule has 1 aromatic heterocycles. The van der Waals surface area contributed by atoms with Crippen molar-refractivity contribution in [2.45, 2.75) is 31.1 Å². The first kappa shape index (κ1) is 21.1. The summed E-state index contributed by atoms with van der Waals surface area (Å²) >= 11 is 6.09. The van der Waals surface area contributed by atoms with E-state index in [-0.39, 0.29) is 0 Å². The summed E-state index contributed by atoms with van der Waals surface area (Å²) in [5.41, 5.74) is 3.08. The van der Waals surface area contributed by atoms with Gasteiger partial charge in [0.05, 0.1) is 10.4 Å². The Bertz CT molecular complexity index is 1140. The van der Waals surface area contributed by atoms with E-state index in [0.29, 0.717) is 42.0 Å². The van der Waals surface area contributed by atoms with Gasteiger partial charge in [0.1, 0.15) is 0 Å². The molecule has 1 aliphatic heterocycles.